The van der Waals surface area contributed by atoms with Crippen LogP contribution in [0.3, 0.4) is 0 Å². The Labute approximate surface area is 117 Å². The van der Waals surface area contributed by atoms with Gasteiger partial charge in [-0.2, -0.15) is 0 Å². The molecule has 1 atom stereocenters. The van der Waals surface area contributed by atoms with Crippen LogP contribution in [0.15, 0.2) is 43.0 Å². The number of rotatable bonds is 4. The number of nitrogens with zero attached hydrogens (tertiary/aromatic N) is 2. The average Bonchev–Trinajstić information content (AvgIpc) is 3.18. The molecule has 0 spiro atoms. The van der Waals surface area contributed by atoms with Gasteiger partial charge in [-0.05, 0) is 24.1 Å². The third-order valence-electron chi connectivity index (χ3n) is 3.51. The van der Waals surface area contributed by atoms with Gasteiger partial charge in [-0.15, -0.1) is 0 Å². The lowest BCUT2D eigenvalue weighted by molar-refractivity contribution is -0.125. The summed E-state index contributed by atoms with van der Waals surface area (Å²) in [6, 6.07) is 8.06. The van der Waals surface area contributed by atoms with E-state index in [1.54, 1.807) is 12.5 Å². The van der Waals surface area contributed by atoms with Gasteiger partial charge in [-0.25, -0.2) is 4.98 Å². The van der Waals surface area contributed by atoms with Crippen LogP contribution in [-0.2, 0) is 16.1 Å². The molecule has 1 aliphatic rings. The first kappa shape index (κ1) is 12.9. The normalized spacial score (nSPS) is 18.1. The van der Waals surface area contributed by atoms with E-state index < -0.39 is 0 Å². The van der Waals surface area contributed by atoms with Gasteiger partial charge < -0.3 is 14.6 Å². The molecule has 20 heavy (non-hydrogen) atoms. The van der Waals surface area contributed by atoms with Gasteiger partial charge in [0, 0.05) is 31.2 Å². The minimum atomic E-state index is 0.0141. The predicted molar refractivity (Wildman–Crippen MR) is 74.3 cm³/mol. The SMILES string of the molecule is O=C(NCc1ccc(-n2ccnc2)cc1)C1CCOC1. The zero-order valence-electron chi connectivity index (χ0n) is 11.2. The summed E-state index contributed by atoms with van der Waals surface area (Å²) in [7, 11) is 0. The largest absolute Gasteiger partial charge is 0.381 e. The number of ether oxygens (including phenoxy) is 1. The Hall–Kier alpha value is -2.14. The fourth-order valence-electron chi connectivity index (χ4n) is 2.27. The Balaban J connectivity index is 1.57. The molecule has 5 nitrogen and oxygen atoms in total. The van der Waals surface area contributed by atoms with Crippen LogP contribution < -0.4 is 5.32 Å². The van der Waals surface area contributed by atoms with Gasteiger partial charge in [0.05, 0.1) is 18.9 Å². The molecule has 1 aromatic carbocycles. The Morgan fingerprint density at radius 1 is 1.40 bits per heavy atom. The number of amides is 1. The second kappa shape index (κ2) is 5.88. The van der Waals surface area contributed by atoms with Crippen LogP contribution in [0.5, 0.6) is 0 Å². The highest BCUT2D eigenvalue weighted by Crippen LogP contribution is 2.13. The second-order valence-electron chi connectivity index (χ2n) is 4.91. The minimum Gasteiger partial charge on any atom is -0.381 e. The summed E-state index contributed by atoms with van der Waals surface area (Å²) in [5.74, 6) is 0.0985. The average molecular weight is 271 g/mol. The summed E-state index contributed by atoms with van der Waals surface area (Å²) < 4.78 is 7.16. The molecule has 1 fully saturated rings. The van der Waals surface area contributed by atoms with Crippen LogP contribution in [0, 0.1) is 5.92 Å². The lowest BCUT2D eigenvalue weighted by Crippen LogP contribution is -2.30. The number of benzene rings is 1. The van der Waals surface area contributed by atoms with E-state index in [1.165, 1.54) is 0 Å². The first-order valence-corrected chi connectivity index (χ1v) is 6.75. The van der Waals surface area contributed by atoms with Crippen LogP contribution in [0.25, 0.3) is 5.69 Å². The first-order chi connectivity index (χ1) is 9.83. The molecule has 3 rings (SSSR count). The van der Waals surface area contributed by atoms with E-state index in [-0.39, 0.29) is 11.8 Å². The topological polar surface area (TPSA) is 56.2 Å². The highest BCUT2D eigenvalue weighted by atomic mass is 16.5. The fourth-order valence-corrected chi connectivity index (χ4v) is 2.27. The molecular weight excluding hydrogens is 254 g/mol. The summed E-state index contributed by atoms with van der Waals surface area (Å²) in [6.45, 7) is 1.79. The third kappa shape index (κ3) is 2.88. The number of aromatic nitrogens is 2. The minimum absolute atomic E-state index is 0.0141. The molecule has 5 heteroatoms. The number of carbonyl (C=O) groups excluding carboxylic acids is 1. The summed E-state index contributed by atoms with van der Waals surface area (Å²) in [4.78, 5) is 15.9. The highest BCUT2D eigenvalue weighted by Gasteiger charge is 2.22. The van der Waals surface area contributed by atoms with Crippen LogP contribution in [0.2, 0.25) is 0 Å². The molecule has 0 aliphatic carbocycles. The zero-order chi connectivity index (χ0) is 13.8. The van der Waals surface area contributed by atoms with Crippen molar-refractivity contribution < 1.29 is 9.53 Å². The van der Waals surface area contributed by atoms with Gasteiger partial charge in [0.15, 0.2) is 0 Å². The van der Waals surface area contributed by atoms with Crippen LogP contribution in [0.4, 0.5) is 0 Å². The van der Waals surface area contributed by atoms with Gasteiger partial charge >= 0.3 is 0 Å². The molecule has 1 saturated heterocycles. The molecule has 0 saturated carbocycles. The molecule has 1 aromatic heterocycles. The molecule has 0 bridgehead atoms. The maximum absolute atomic E-state index is 11.9. The van der Waals surface area contributed by atoms with E-state index >= 15 is 0 Å². The van der Waals surface area contributed by atoms with Crippen molar-refractivity contribution in [1.29, 1.82) is 0 Å². The smallest absolute Gasteiger partial charge is 0.225 e. The molecular formula is C15H17N3O2. The summed E-state index contributed by atoms with van der Waals surface area (Å²) in [5.41, 5.74) is 2.14. The zero-order valence-corrected chi connectivity index (χ0v) is 11.2. The van der Waals surface area contributed by atoms with Crippen molar-refractivity contribution in [3.05, 3.63) is 48.5 Å². The van der Waals surface area contributed by atoms with E-state index in [2.05, 4.69) is 10.3 Å². The Kier molecular flexibility index (Phi) is 3.78. The van der Waals surface area contributed by atoms with Gasteiger partial charge in [-0.3, -0.25) is 4.79 Å². The lowest BCUT2D eigenvalue weighted by atomic mass is 10.1. The van der Waals surface area contributed by atoms with Gasteiger partial charge in [0.25, 0.3) is 0 Å². The van der Waals surface area contributed by atoms with Crippen LogP contribution in [-0.4, -0.2) is 28.7 Å². The maximum atomic E-state index is 11.9. The van der Waals surface area contributed by atoms with Crippen molar-refractivity contribution in [1.82, 2.24) is 14.9 Å². The maximum Gasteiger partial charge on any atom is 0.225 e. The highest BCUT2D eigenvalue weighted by molar-refractivity contribution is 5.78. The summed E-state index contributed by atoms with van der Waals surface area (Å²) in [5, 5.41) is 2.96. The number of imidazole rings is 1. The number of hydrogen-bond donors (Lipinski definition) is 1. The molecule has 1 unspecified atom stereocenters. The number of hydrogen-bond acceptors (Lipinski definition) is 3. The molecule has 1 aliphatic heterocycles. The number of nitrogens with one attached hydrogen (secondary N) is 1. The molecule has 2 heterocycles. The van der Waals surface area contributed by atoms with Gasteiger partial charge in [-0.1, -0.05) is 12.1 Å². The monoisotopic (exact) mass is 271 g/mol. The molecule has 1 amide bonds. The van der Waals surface area contributed by atoms with Gasteiger partial charge in [0.2, 0.25) is 5.91 Å². The molecule has 104 valence electrons. The third-order valence-corrected chi connectivity index (χ3v) is 3.51. The fraction of sp³-hybridized carbons (Fsp3) is 0.333. The van der Waals surface area contributed by atoms with Crippen molar-refractivity contribution in [2.45, 2.75) is 13.0 Å². The van der Waals surface area contributed by atoms with Crippen molar-refractivity contribution in [2.75, 3.05) is 13.2 Å². The van der Waals surface area contributed by atoms with Crippen LogP contribution in [0.1, 0.15) is 12.0 Å². The Bertz CT molecular complexity index is 557. The quantitative estimate of drug-likeness (QED) is 0.917. The Morgan fingerprint density at radius 3 is 2.90 bits per heavy atom. The standard InChI is InChI=1S/C15H17N3O2/c19-15(13-5-8-20-10-13)17-9-12-1-3-14(4-2-12)18-7-6-16-11-18/h1-4,6-7,11,13H,5,8-10H2,(H,17,19). The van der Waals surface area contributed by atoms with Crippen molar-refractivity contribution >= 4 is 5.91 Å². The van der Waals surface area contributed by atoms with Crippen molar-refractivity contribution in [3.63, 3.8) is 0 Å². The summed E-state index contributed by atoms with van der Waals surface area (Å²) >= 11 is 0. The summed E-state index contributed by atoms with van der Waals surface area (Å²) in [6.07, 6.45) is 6.23. The van der Waals surface area contributed by atoms with Crippen molar-refractivity contribution in [2.24, 2.45) is 5.92 Å². The molecule has 0 radical (unpaired) electrons. The lowest BCUT2D eigenvalue weighted by Gasteiger charge is -2.10. The van der Waals surface area contributed by atoms with Gasteiger partial charge in [0.1, 0.15) is 0 Å². The van der Waals surface area contributed by atoms with E-state index in [4.69, 9.17) is 4.74 Å². The predicted octanol–water partition coefficient (Wildman–Crippen LogP) is 1.52. The Morgan fingerprint density at radius 2 is 2.25 bits per heavy atom. The second-order valence-corrected chi connectivity index (χ2v) is 4.91. The van der Waals surface area contributed by atoms with E-state index in [0.29, 0.717) is 19.8 Å². The first-order valence-electron chi connectivity index (χ1n) is 6.75. The van der Waals surface area contributed by atoms with E-state index in [1.807, 2.05) is 35.0 Å². The molecule has 1 N–H and O–H groups in total. The van der Waals surface area contributed by atoms with E-state index in [9.17, 15) is 4.79 Å². The van der Waals surface area contributed by atoms with Crippen molar-refractivity contribution in [3.8, 4) is 5.69 Å². The van der Waals surface area contributed by atoms with Crippen LogP contribution >= 0.6 is 0 Å². The molecule has 2 aromatic rings. The number of carbonyl (C=O) groups is 1. The van der Waals surface area contributed by atoms with E-state index in [0.717, 1.165) is 17.7 Å².